The van der Waals surface area contributed by atoms with Crippen molar-refractivity contribution in [2.24, 2.45) is 0 Å². The molecule has 186 valence electrons. The fraction of sp³-hybridized carbons (Fsp3) is 0.240. The van der Waals surface area contributed by atoms with Gasteiger partial charge in [0.05, 0.1) is 31.7 Å². The van der Waals surface area contributed by atoms with E-state index >= 15 is 0 Å². The number of halogens is 2. The molecule has 1 N–H and O–H groups in total. The molecule has 1 amide bonds. The van der Waals surface area contributed by atoms with Crippen molar-refractivity contribution in [2.75, 3.05) is 20.8 Å². The third-order valence-electron chi connectivity index (χ3n) is 5.35. The van der Waals surface area contributed by atoms with E-state index < -0.39 is 28.5 Å². The Morgan fingerprint density at radius 1 is 0.971 bits per heavy atom. The second-order valence-electron chi connectivity index (χ2n) is 7.73. The lowest BCUT2D eigenvalue weighted by atomic mass is 10.1. The summed E-state index contributed by atoms with van der Waals surface area (Å²) in [7, 11) is -0.931. The van der Waals surface area contributed by atoms with Gasteiger partial charge in [-0.25, -0.2) is 8.42 Å². The maximum absolute atomic E-state index is 13.4. The Morgan fingerprint density at radius 3 is 2.29 bits per heavy atom. The Morgan fingerprint density at radius 2 is 1.66 bits per heavy atom. The van der Waals surface area contributed by atoms with Gasteiger partial charge in [-0.3, -0.25) is 4.79 Å². The van der Waals surface area contributed by atoms with Crippen LogP contribution in [0.4, 0.5) is 0 Å². The summed E-state index contributed by atoms with van der Waals surface area (Å²) >= 11 is 12.3. The first-order valence-electron chi connectivity index (χ1n) is 10.7. The van der Waals surface area contributed by atoms with Crippen LogP contribution in [-0.4, -0.2) is 39.4 Å². The fourth-order valence-electron chi connectivity index (χ4n) is 3.46. The summed E-state index contributed by atoms with van der Waals surface area (Å²) < 4.78 is 38.5. The summed E-state index contributed by atoms with van der Waals surface area (Å²) in [6, 6.07) is 17.6. The number of carbonyl (C=O) groups is 1. The molecule has 0 unspecified atom stereocenters. The number of hydrogen-bond acceptors (Lipinski definition) is 5. The number of nitrogens with one attached hydrogen (secondary N) is 1. The number of ether oxygens (including phenoxy) is 2. The van der Waals surface area contributed by atoms with E-state index in [-0.39, 0.29) is 11.4 Å². The molecule has 1 atom stereocenters. The summed E-state index contributed by atoms with van der Waals surface area (Å²) in [6.45, 7) is 1.28. The van der Waals surface area contributed by atoms with Crippen molar-refractivity contribution in [3.63, 3.8) is 0 Å². The van der Waals surface area contributed by atoms with Gasteiger partial charge in [-0.05, 0) is 54.4 Å². The van der Waals surface area contributed by atoms with Crippen molar-refractivity contribution in [3.05, 3.63) is 87.9 Å². The van der Waals surface area contributed by atoms with Crippen molar-refractivity contribution in [1.29, 1.82) is 0 Å². The molecule has 7 nitrogen and oxygen atoms in total. The highest BCUT2D eigenvalue weighted by atomic mass is 35.5. The van der Waals surface area contributed by atoms with Crippen LogP contribution in [-0.2, 0) is 21.4 Å². The smallest absolute Gasteiger partial charge is 0.243 e. The van der Waals surface area contributed by atoms with Crippen LogP contribution in [0.25, 0.3) is 0 Å². The van der Waals surface area contributed by atoms with Crippen LogP contribution < -0.4 is 14.8 Å². The Balaban J connectivity index is 1.84. The van der Waals surface area contributed by atoms with Gasteiger partial charge in [0.1, 0.15) is 0 Å². The molecule has 0 radical (unpaired) electrons. The minimum atomic E-state index is -4.00. The number of methoxy groups -OCH3 is 2. The first-order valence-corrected chi connectivity index (χ1v) is 12.9. The maximum Gasteiger partial charge on any atom is 0.243 e. The average molecular weight is 537 g/mol. The predicted molar refractivity (Wildman–Crippen MR) is 137 cm³/mol. The van der Waals surface area contributed by atoms with Gasteiger partial charge < -0.3 is 14.8 Å². The molecule has 0 aromatic heterocycles. The number of amides is 1. The van der Waals surface area contributed by atoms with Gasteiger partial charge in [-0.2, -0.15) is 4.31 Å². The molecule has 10 heteroatoms. The van der Waals surface area contributed by atoms with E-state index in [2.05, 4.69) is 5.32 Å². The lowest BCUT2D eigenvalue weighted by molar-refractivity contribution is -0.122. The lowest BCUT2D eigenvalue weighted by Crippen LogP contribution is -2.41. The number of benzene rings is 3. The van der Waals surface area contributed by atoms with Crippen LogP contribution in [0.5, 0.6) is 11.5 Å². The molecule has 0 aliphatic rings. The van der Waals surface area contributed by atoms with E-state index in [1.807, 2.05) is 0 Å². The minimum absolute atomic E-state index is 0.0748. The van der Waals surface area contributed by atoms with Gasteiger partial charge in [0.15, 0.2) is 11.5 Å². The molecule has 0 saturated heterocycles. The molecule has 0 fully saturated rings. The predicted octanol–water partition coefficient (Wildman–Crippen LogP) is 5.08. The zero-order valence-electron chi connectivity index (χ0n) is 19.5. The van der Waals surface area contributed by atoms with Gasteiger partial charge >= 0.3 is 0 Å². The largest absolute Gasteiger partial charge is 0.493 e. The summed E-state index contributed by atoms with van der Waals surface area (Å²) in [6.07, 6.45) is 0. The molecule has 35 heavy (non-hydrogen) atoms. The molecule has 0 bridgehead atoms. The third kappa shape index (κ3) is 6.67. The quantitative estimate of drug-likeness (QED) is 0.390. The zero-order chi connectivity index (χ0) is 25.6. The number of sulfonamides is 1. The molecule has 3 aromatic carbocycles. The molecular weight excluding hydrogens is 511 g/mol. The Bertz CT molecular complexity index is 1290. The highest BCUT2D eigenvalue weighted by molar-refractivity contribution is 7.89. The summed E-state index contributed by atoms with van der Waals surface area (Å²) in [5.41, 5.74) is 1.30. The van der Waals surface area contributed by atoms with Crippen LogP contribution in [0.3, 0.4) is 0 Å². The molecule has 0 aliphatic heterocycles. The van der Waals surface area contributed by atoms with Gasteiger partial charge in [0.25, 0.3) is 0 Å². The molecule has 0 spiro atoms. The molecule has 0 aliphatic carbocycles. The van der Waals surface area contributed by atoms with E-state index in [1.165, 1.54) is 32.4 Å². The van der Waals surface area contributed by atoms with Crippen LogP contribution >= 0.6 is 23.2 Å². The summed E-state index contributed by atoms with van der Waals surface area (Å²) in [5.74, 6) is 0.614. The van der Waals surface area contributed by atoms with Crippen molar-refractivity contribution >= 4 is 39.1 Å². The van der Waals surface area contributed by atoms with Crippen LogP contribution in [0, 0.1) is 0 Å². The third-order valence-corrected chi connectivity index (χ3v) is 7.74. The number of nitrogens with zero attached hydrogens (tertiary/aromatic N) is 1. The summed E-state index contributed by atoms with van der Waals surface area (Å²) in [4.78, 5) is 13.1. The summed E-state index contributed by atoms with van der Waals surface area (Å²) in [5, 5.41) is 3.59. The molecule has 0 saturated carbocycles. The SMILES string of the molecule is COc1ccc([C@H](C)NC(=O)CN(Cc2ccc(Cl)cc2Cl)S(=O)(=O)c2ccccc2)cc1OC. The second-order valence-corrected chi connectivity index (χ2v) is 10.5. The molecule has 3 rings (SSSR count). The Kier molecular flexibility index (Phi) is 9.02. The van der Waals surface area contributed by atoms with Crippen molar-refractivity contribution in [2.45, 2.75) is 24.4 Å². The zero-order valence-corrected chi connectivity index (χ0v) is 21.8. The van der Waals surface area contributed by atoms with Crippen LogP contribution in [0.2, 0.25) is 10.0 Å². The Labute approximate surface area is 215 Å². The number of carbonyl (C=O) groups excluding carboxylic acids is 1. The van der Waals surface area contributed by atoms with E-state index in [4.69, 9.17) is 32.7 Å². The van der Waals surface area contributed by atoms with Crippen LogP contribution in [0.1, 0.15) is 24.1 Å². The topological polar surface area (TPSA) is 84.9 Å². The molecular formula is C25H26Cl2N2O5S. The van der Waals surface area contributed by atoms with Crippen molar-refractivity contribution in [1.82, 2.24) is 9.62 Å². The van der Waals surface area contributed by atoms with Crippen molar-refractivity contribution in [3.8, 4) is 11.5 Å². The first kappa shape index (κ1) is 26.8. The average Bonchev–Trinajstić information content (AvgIpc) is 2.85. The fourth-order valence-corrected chi connectivity index (χ4v) is 5.32. The highest BCUT2D eigenvalue weighted by Gasteiger charge is 2.28. The van der Waals surface area contributed by atoms with E-state index in [9.17, 15) is 13.2 Å². The van der Waals surface area contributed by atoms with Gasteiger partial charge in [0, 0.05) is 16.6 Å². The van der Waals surface area contributed by atoms with Gasteiger partial charge in [-0.1, -0.05) is 53.5 Å². The monoisotopic (exact) mass is 536 g/mol. The maximum atomic E-state index is 13.4. The van der Waals surface area contributed by atoms with E-state index in [0.29, 0.717) is 27.1 Å². The number of rotatable bonds is 10. The number of hydrogen-bond donors (Lipinski definition) is 1. The van der Waals surface area contributed by atoms with Crippen molar-refractivity contribution < 1.29 is 22.7 Å². The molecule has 3 aromatic rings. The van der Waals surface area contributed by atoms with Crippen LogP contribution in [0.15, 0.2) is 71.6 Å². The van der Waals surface area contributed by atoms with Gasteiger partial charge in [-0.15, -0.1) is 0 Å². The Hall–Kier alpha value is -2.78. The standard InChI is InChI=1S/C25H26Cl2N2O5S/c1-17(18-10-12-23(33-2)24(13-18)34-3)28-25(30)16-29(15-19-9-11-20(26)14-22(19)27)35(31,32)21-7-5-4-6-8-21/h4-14,17H,15-16H2,1-3H3,(H,28,30)/t17-/m0/s1. The van der Waals surface area contributed by atoms with Gasteiger partial charge in [0.2, 0.25) is 15.9 Å². The van der Waals surface area contributed by atoms with E-state index in [0.717, 1.165) is 9.87 Å². The minimum Gasteiger partial charge on any atom is -0.493 e. The van der Waals surface area contributed by atoms with E-state index in [1.54, 1.807) is 55.5 Å². The molecule has 0 heterocycles. The highest BCUT2D eigenvalue weighted by Crippen LogP contribution is 2.30. The normalized spacial score (nSPS) is 12.3. The first-order chi connectivity index (χ1) is 16.6. The second kappa shape index (κ2) is 11.8. The lowest BCUT2D eigenvalue weighted by Gasteiger charge is -2.24.